The molecule has 0 unspecified atom stereocenters. The fourth-order valence-corrected chi connectivity index (χ4v) is 2.95. The minimum absolute atomic E-state index is 0.273. The molecule has 3 nitrogen and oxygen atoms in total. The van der Waals surface area contributed by atoms with Gasteiger partial charge in [-0.25, -0.2) is 0 Å². The summed E-state index contributed by atoms with van der Waals surface area (Å²) in [7, 11) is 1.65. The highest BCUT2D eigenvalue weighted by molar-refractivity contribution is 5.72. The van der Waals surface area contributed by atoms with Crippen molar-refractivity contribution in [3.63, 3.8) is 0 Å². The molecule has 0 N–H and O–H groups in total. The molecular weight excluding hydrogens is 274 g/mol. The molecule has 0 heterocycles. The summed E-state index contributed by atoms with van der Waals surface area (Å²) in [6.45, 7) is 0. The minimum Gasteiger partial charge on any atom is -0.493 e. The fourth-order valence-electron chi connectivity index (χ4n) is 2.95. The van der Waals surface area contributed by atoms with Gasteiger partial charge in [0.1, 0.15) is 0 Å². The van der Waals surface area contributed by atoms with E-state index in [1.807, 2.05) is 42.5 Å². The number of rotatable bonds is 4. The maximum atomic E-state index is 9.27. The summed E-state index contributed by atoms with van der Waals surface area (Å²) in [6.07, 6.45) is 4.92. The van der Waals surface area contributed by atoms with Crippen LogP contribution in [0.2, 0.25) is 0 Å². The third-order valence-electron chi connectivity index (χ3n) is 4.12. The molecule has 1 aliphatic carbocycles. The van der Waals surface area contributed by atoms with Gasteiger partial charge in [0.15, 0.2) is 11.5 Å². The van der Waals surface area contributed by atoms with Crippen LogP contribution in [0.3, 0.4) is 0 Å². The zero-order valence-electron chi connectivity index (χ0n) is 12.7. The molecule has 3 rings (SSSR count). The highest BCUT2D eigenvalue weighted by Crippen LogP contribution is 2.36. The molecule has 1 fully saturated rings. The van der Waals surface area contributed by atoms with Gasteiger partial charge in [0, 0.05) is 0 Å². The standard InChI is InChI=1S/C19H19NO2/c1-21-18-11-10-14(17-9-5-2-6-15(17)13-20)12-19(18)22-16-7-3-4-8-16/h2,5-6,9-12,16H,3-4,7-8H2,1H3. The molecule has 112 valence electrons. The Balaban J connectivity index is 1.97. The van der Waals surface area contributed by atoms with Crippen LogP contribution in [-0.2, 0) is 0 Å². The molecule has 0 aromatic heterocycles. The number of methoxy groups -OCH3 is 1. The zero-order valence-corrected chi connectivity index (χ0v) is 12.7. The molecule has 0 radical (unpaired) electrons. The maximum Gasteiger partial charge on any atom is 0.162 e. The summed E-state index contributed by atoms with van der Waals surface area (Å²) < 4.78 is 11.5. The summed E-state index contributed by atoms with van der Waals surface area (Å²) >= 11 is 0. The highest BCUT2D eigenvalue weighted by atomic mass is 16.5. The van der Waals surface area contributed by atoms with Gasteiger partial charge in [0.2, 0.25) is 0 Å². The summed E-state index contributed by atoms with van der Waals surface area (Å²) in [5, 5.41) is 9.27. The van der Waals surface area contributed by atoms with E-state index in [2.05, 4.69) is 6.07 Å². The summed E-state index contributed by atoms with van der Waals surface area (Å²) in [6, 6.07) is 15.7. The second kappa shape index (κ2) is 6.53. The molecule has 2 aromatic carbocycles. The Kier molecular flexibility index (Phi) is 4.29. The lowest BCUT2D eigenvalue weighted by atomic mass is 10.00. The van der Waals surface area contributed by atoms with Gasteiger partial charge in [-0.2, -0.15) is 5.26 Å². The first-order valence-electron chi connectivity index (χ1n) is 7.66. The lowest BCUT2D eigenvalue weighted by molar-refractivity contribution is 0.201. The van der Waals surface area contributed by atoms with E-state index in [4.69, 9.17) is 9.47 Å². The predicted octanol–water partition coefficient (Wildman–Crippen LogP) is 4.56. The van der Waals surface area contributed by atoms with Crippen molar-refractivity contribution in [1.29, 1.82) is 5.26 Å². The normalized spacial score (nSPS) is 14.5. The van der Waals surface area contributed by atoms with Crippen molar-refractivity contribution in [2.45, 2.75) is 31.8 Å². The van der Waals surface area contributed by atoms with E-state index < -0.39 is 0 Å². The van der Waals surface area contributed by atoms with Crippen molar-refractivity contribution < 1.29 is 9.47 Å². The molecule has 1 aliphatic rings. The Morgan fingerprint density at radius 3 is 2.55 bits per heavy atom. The van der Waals surface area contributed by atoms with Gasteiger partial charge in [0.05, 0.1) is 24.8 Å². The van der Waals surface area contributed by atoms with Gasteiger partial charge in [-0.3, -0.25) is 0 Å². The lowest BCUT2D eigenvalue weighted by Gasteiger charge is -2.17. The second-order valence-electron chi connectivity index (χ2n) is 5.55. The number of ether oxygens (including phenoxy) is 2. The van der Waals surface area contributed by atoms with E-state index in [1.165, 1.54) is 12.8 Å². The summed E-state index contributed by atoms with van der Waals surface area (Å²) in [5.74, 6) is 1.50. The number of benzene rings is 2. The van der Waals surface area contributed by atoms with Crippen LogP contribution in [0, 0.1) is 11.3 Å². The van der Waals surface area contributed by atoms with Gasteiger partial charge in [-0.05, 0) is 55.0 Å². The summed E-state index contributed by atoms with van der Waals surface area (Å²) in [4.78, 5) is 0. The van der Waals surface area contributed by atoms with Crippen LogP contribution >= 0.6 is 0 Å². The van der Waals surface area contributed by atoms with Crippen molar-refractivity contribution in [3.05, 3.63) is 48.0 Å². The van der Waals surface area contributed by atoms with Crippen LogP contribution in [-0.4, -0.2) is 13.2 Å². The molecule has 2 aromatic rings. The third kappa shape index (κ3) is 2.92. The number of nitrogens with zero attached hydrogens (tertiary/aromatic N) is 1. The van der Waals surface area contributed by atoms with E-state index in [9.17, 15) is 5.26 Å². The van der Waals surface area contributed by atoms with Gasteiger partial charge in [-0.15, -0.1) is 0 Å². The topological polar surface area (TPSA) is 42.2 Å². The molecule has 0 bridgehead atoms. The molecule has 0 spiro atoms. The maximum absolute atomic E-state index is 9.27. The molecule has 0 saturated heterocycles. The smallest absolute Gasteiger partial charge is 0.162 e. The van der Waals surface area contributed by atoms with Crippen LogP contribution < -0.4 is 9.47 Å². The largest absolute Gasteiger partial charge is 0.493 e. The average molecular weight is 293 g/mol. The van der Waals surface area contributed by atoms with Gasteiger partial charge in [-0.1, -0.05) is 24.3 Å². The highest BCUT2D eigenvalue weighted by Gasteiger charge is 2.19. The van der Waals surface area contributed by atoms with Gasteiger partial charge in [0.25, 0.3) is 0 Å². The number of nitriles is 1. The van der Waals surface area contributed by atoms with Crippen molar-refractivity contribution >= 4 is 0 Å². The second-order valence-corrected chi connectivity index (χ2v) is 5.55. The molecule has 0 amide bonds. The Labute approximate surface area is 131 Å². The lowest BCUT2D eigenvalue weighted by Crippen LogP contribution is -2.11. The molecule has 1 saturated carbocycles. The van der Waals surface area contributed by atoms with Crippen LogP contribution in [0.25, 0.3) is 11.1 Å². The van der Waals surface area contributed by atoms with Crippen LogP contribution in [0.5, 0.6) is 11.5 Å². The molecule has 22 heavy (non-hydrogen) atoms. The van der Waals surface area contributed by atoms with Gasteiger partial charge >= 0.3 is 0 Å². The Morgan fingerprint density at radius 1 is 1.05 bits per heavy atom. The van der Waals surface area contributed by atoms with Crippen LogP contribution in [0.4, 0.5) is 0 Å². The molecular formula is C19H19NO2. The van der Waals surface area contributed by atoms with E-state index in [-0.39, 0.29) is 6.10 Å². The zero-order chi connectivity index (χ0) is 15.4. The first kappa shape index (κ1) is 14.5. The van der Waals surface area contributed by atoms with Crippen LogP contribution in [0.15, 0.2) is 42.5 Å². The minimum atomic E-state index is 0.273. The average Bonchev–Trinajstić information content (AvgIpc) is 3.08. The van der Waals surface area contributed by atoms with Crippen molar-refractivity contribution in [3.8, 4) is 28.7 Å². The molecule has 0 aliphatic heterocycles. The predicted molar refractivity (Wildman–Crippen MR) is 86.0 cm³/mol. The number of hydrogen-bond donors (Lipinski definition) is 0. The Hall–Kier alpha value is -2.47. The van der Waals surface area contributed by atoms with E-state index in [0.29, 0.717) is 5.56 Å². The van der Waals surface area contributed by atoms with Crippen molar-refractivity contribution in [2.75, 3.05) is 7.11 Å². The van der Waals surface area contributed by atoms with Gasteiger partial charge < -0.3 is 9.47 Å². The van der Waals surface area contributed by atoms with Crippen LogP contribution in [0.1, 0.15) is 31.2 Å². The van der Waals surface area contributed by atoms with Crippen molar-refractivity contribution in [2.24, 2.45) is 0 Å². The quantitative estimate of drug-likeness (QED) is 0.830. The van der Waals surface area contributed by atoms with E-state index in [1.54, 1.807) is 7.11 Å². The first-order valence-corrected chi connectivity index (χ1v) is 7.66. The SMILES string of the molecule is COc1ccc(-c2ccccc2C#N)cc1OC1CCCC1. The Bertz CT molecular complexity index is 697. The molecule has 0 atom stereocenters. The third-order valence-corrected chi connectivity index (χ3v) is 4.12. The fraction of sp³-hybridized carbons (Fsp3) is 0.316. The molecule has 3 heteroatoms. The number of hydrogen-bond acceptors (Lipinski definition) is 3. The summed E-state index contributed by atoms with van der Waals surface area (Å²) in [5.41, 5.74) is 2.56. The van der Waals surface area contributed by atoms with E-state index in [0.717, 1.165) is 35.5 Å². The Morgan fingerprint density at radius 2 is 1.82 bits per heavy atom. The monoisotopic (exact) mass is 293 g/mol. The van der Waals surface area contributed by atoms with Crippen molar-refractivity contribution in [1.82, 2.24) is 0 Å². The first-order chi connectivity index (χ1) is 10.8. The van der Waals surface area contributed by atoms with E-state index >= 15 is 0 Å².